The maximum atomic E-state index is 12.7. The quantitative estimate of drug-likeness (QED) is 0.590. The Labute approximate surface area is 181 Å². The second-order valence-electron chi connectivity index (χ2n) is 7.73. The normalized spacial score (nSPS) is 11.9. The molecule has 1 atom stereocenters. The van der Waals surface area contributed by atoms with Gasteiger partial charge in [-0.15, -0.1) is 11.3 Å². The van der Waals surface area contributed by atoms with Crippen molar-refractivity contribution < 1.29 is 9.59 Å². The Morgan fingerprint density at radius 1 is 1.00 bits per heavy atom. The molecule has 0 radical (unpaired) electrons. The molecule has 1 aromatic heterocycles. The number of benzene rings is 2. The van der Waals surface area contributed by atoms with Crippen LogP contribution in [0.5, 0.6) is 0 Å². The topological polar surface area (TPSA) is 71.1 Å². The van der Waals surface area contributed by atoms with Crippen molar-refractivity contribution in [2.75, 3.05) is 0 Å². The zero-order chi connectivity index (χ0) is 21.7. The maximum absolute atomic E-state index is 12.7. The van der Waals surface area contributed by atoms with Crippen LogP contribution in [0.1, 0.15) is 40.3 Å². The second kappa shape index (κ2) is 9.67. The van der Waals surface area contributed by atoms with Crippen LogP contribution >= 0.6 is 11.3 Å². The summed E-state index contributed by atoms with van der Waals surface area (Å²) in [6.45, 7) is 8.20. The van der Waals surface area contributed by atoms with Gasteiger partial charge in [-0.1, -0.05) is 55.8 Å². The lowest BCUT2D eigenvalue weighted by molar-refractivity contribution is -0.124. The average Bonchev–Trinajstić information content (AvgIpc) is 3.17. The van der Waals surface area contributed by atoms with Crippen molar-refractivity contribution >= 4 is 23.2 Å². The highest BCUT2D eigenvalue weighted by Crippen LogP contribution is 2.21. The molecule has 1 heterocycles. The van der Waals surface area contributed by atoms with Gasteiger partial charge in [-0.25, -0.2) is 4.98 Å². The standard InChI is InChI=1S/C24H27N3O2S/c1-15(2)22(27-23(28)20-9-5-16(3)6-10-20)24(29)25-13-18-7-11-19(12-8-18)21-14-30-17(4)26-21/h5-12,14-15,22H,13H2,1-4H3,(H,25,29)(H,27,28)/t22-/m0/s1. The summed E-state index contributed by atoms with van der Waals surface area (Å²) in [6.07, 6.45) is 0. The molecular weight excluding hydrogens is 394 g/mol. The molecule has 0 fully saturated rings. The zero-order valence-electron chi connectivity index (χ0n) is 17.7. The number of hydrogen-bond acceptors (Lipinski definition) is 4. The molecule has 6 heteroatoms. The largest absolute Gasteiger partial charge is 0.350 e. The number of thiazole rings is 1. The Hall–Kier alpha value is -2.99. The van der Waals surface area contributed by atoms with E-state index in [1.807, 2.05) is 69.5 Å². The Morgan fingerprint density at radius 3 is 2.23 bits per heavy atom. The molecule has 30 heavy (non-hydrogen) atoms. The fourth-order valence-corrected chi connectivity index (χ4v) is 3.67. The van der Waals surface area contributed by atoms with Gasteiger partial charge in [-0.2, -0.15) is 0 Å². The van der Waals surface area contributed by atoms with Gasteiger partial charge in [0.25, 0.3) is 5.91 Å². The van der Waals surface area contributed by atoms with Crippen molar-refractivity contribution in [3.63, 3.8) is 0 Å². The highest BCUT2D eigenvalue weighted by molar-refractivity contribution is 7.09. The number of carbonyl (C=O) groups excluding carboxylic acids is 2. The monoisotopic (exact) mass is 421 g/mol. The van der Waals surface area contributed by atoms with Crippen LogP contribution in [0.2, 0.25) is 0 Å². The van der Waals surface area contributed by atoms with E-state index in [-0.39, 0.29) is 17.7 Å². The molecule has 3 aromatic rings. The highest BCUT2D eigenvalue weighted by Gasteiger charge is 2.24. The molecule has 0 saturated heterocycles. The average molecular weight is 422 g/mol. The Morgan fingerprint density at radius 2 is 1.67 bits per heavy atom. The molecule has 0 unspecified atom stereocenters. The molecule has 2 N–H and O–H groups in total. The van der Waals surface area contributed by atoms with Gasteiger partial charge in [0.1, 0.15) is 6.04 Å². The van der Waals surface area contributed by atoms with E-state index in [2.05, 4.69) is 15.6 Å². The molecule has 5 nitrogen and oxygen atoms in total. The van der Waals surface area contributed by atoms with E-state index in [9.17, 15) is 9.59 Å². The first-order chi connectivity index (χ1) is 14.3. The number of aryl methyl sites for hydroxylation is 2. The van der Waals surface area contributed by atoms with E-state index in [1.165, 1.54) is 0 Å². The Kier molecular flexibility index (Phi) is 7.00. The number of carbonyl (C=O) groups is 2. The third-order valence-corrected chi connectivity index (χ3v) is 5.66. The SMILES string of the molecule is Cc1ccc(C(=O)N[C@H](C(=O)NCc2ccc(-c3csc(C)n3)cc2)C(C)C)cc1. The molecule has 0 bridgehead atoms. The van der Waals surface area contributed by atoms with Crippen LogP contribution in [0.15, 0.2) is 53.9 Å². The first kappa shape index (κ1) is 21.7. The van der Waals surface area contributed by atoms with Crippen LogP contribution in [0, 0.1) is 19.8 Å². The fraction of sp³-hybridized carbons (Fsp3) is 0.292. The minimum absolute atomic E-state index is 0.0327. The van der Waals surface area contributed by atoms with Gasteiger partial charge >= 0.3 is 0 Å². The number of nitrogens with one attached hydrogen (secondary N) is 2. The third-order valence-electron chi connectivity index (χ3n) is 4.88. The first-order valence-corrected chi connectivity index (χ1v) is 10.9. The molecule has 0 aliphatic rings. The van der Waals surface area contributed by atoms with Gasteiger partial charge < -0.3 is 10.6 Å². The number of aromatic nitrogens is 1. The summed E-state index contributed by atoms with van der Waals surface area (Å²) in [5, 5.41) is 8.88. The van der Waals surface area contributed by atoms with E-state index in [1.54, 1.807) is 23.5 Å². The minimum Gasteiger partial charge on any atom is -0.350 e. The minimum atomic E-state index is -0.601. The lowest BCUT2D eigenvalue weighted by atomic mass is 10.0. The summed E-state index contributed by atoms with van der Waals surface area (Å²) in [6, 6.07) is 14.7. The van der Waals surface area contributed by atoms with Crippen molar-refractivity contribution in [2.45, 2.75) is 40.3 Å². The molecule has 3 rings (SSSR count). The second-order valence-corrected chi connectivity index (χ2v) is 8.79. The molecule has 0 aliphatic heterocycles. The number of hydrogen-bond donors (Lipinski definition) is 2. The maximum Gasteiger partial charge on any atom is 0.251 e. The summed E-state index contributed by atoms with van der Waals surface area (Å²) in [4.78, 5) is 29.8. The van der Waals surface area contributed by atoms with Crippen LogP contribution in [-0.2, 0) is 11.3 Å². The molecule has 156 valence electrons. The van der Waals surface area contributed by atoms with Gasteiger partial charge in [-0.05, 0) is 37.5 Å². The zero-order valence-corrected chi connectivity index (χ0v) is 18.5. The highest BCUT2D eigenvalue weighted by atomic mass is 32.1. The summed E-state index contributed by atoms with van der Waals surface area (Å²) in [5.41, 5.74) is 4.64. The van der Waals surface area contributed by atoms with Crippen molar-refractivity contribution in [1.82, 2.24) is 15.6 Å². The first-order valence-electron chi connectivity index (χ1n) is 10.00. The molecule has 2 aromatic carbocycles. The van der Waals surface area contributed by atoms with E-state index < -0.39 is 6.04 Å². The summed E-state index contributed by atoms with van der Waals surface area (Å²) < 4.78 is 0. The van der Waals surface area contributed by atoms with Crippen molar-refractivity contribution in [3.05, 3.63) is 75.6 Å². The van der Waals surface area contributed by atoms with Crippen LogP contribution in [0.3, 0.4) is 0 Å². The summed E-state index contributed by atoms with van der Waals surface area (Å²) >= 11 is 1.62. The van der Waals surface area contributed by atoms with Crippen LogP contribution < -0.4 is 10.6 Å². The van der Waals surface area contributed by atoms with Gasteiger partial charge in [-0.3, -0.25) is 9.59 Å². The van der Waals surface area contributed by atoms with Crippen LogP contribution in [0.25, 0.3) is 11.3 Å². The molecule has 0 saturated carbocycles. The predicted octanol–water partition coefficient (Wildman–Crippen LogP) is 4.50. The third kappa shape index (κ3) is 5.54. The van der Waals surface area contributed by atoms with Crippen LogP contribution in [0.4, 0.5) is 0 Å². The van der Waals surface area contributed by atoms with Gasteiger partial charge in [0.15, 0.2) is 0 Å². The summed E-state index contributed by atoms with van der Waals surface area (Å²) in [7, 11) is 0. The van der Waals surface area contributed by atoms with E-state index >= 15 is 0 Å². The Balaban J connectivity index is 1.59. The van der Waals surface area contributed by atoms with Crippen LogP contribution in [-0.4, -0.2) is 22.8 Å². The lowest BCUT2D eigenvalue weighted by Crippen LogP contribution is -2.49. The molecule has 0 aliphatic carbocycles. The van der Waals surface area contributed by atoms with E-state index in [4.69, 9.17) is 0 Å². The van der Waals surface area contributed by atoms with Gasteiger partial charge in [0.05, 0.1) is 10.7 Å². The lowest BCUT2D eigenvalue weighted by Gasteiger charge is -2.22. The smallest absolute Gasteiger partial charge is 0.251 e. The molecular formula is C24H27N3O2S. The fourth-order valence-electron chi connectivity index (χ4n) is 3.05. The van der Waals surface area contributed by atoms with Crippen molar-refractivity contribution in [1.29, 1.82) is 0 Å². The molecule has 0 spiro atoms. The molecule has 2 amide bonds. The number of nitrogens with zero attached hydrogens (tertiary/aromatic N) is 1. The van der Waals surface area contributed by atoms with Gasteiger partial charge in [0.2, 0.25) is 5.91 Å². The van der Waals surface area contributed by atoms with Gasteiger partial charge in [0, 0.05) is 23.1 Å². The van der Waals surface area contributed by atoms with E-state index in [0.717, 1.165) is 27.4 Å². The number of amides is 2. The predicted molar refractivity (Wildman–Crippen MR) is 121 cm³/mol. The van der Waals surface area contributed by atoms with Crippen molar-refractivity contribution in [3.8, 4) is 11.3 Å². The Bertz CT molecular complexity index is 1010. The van der Waals surface area contributed by atoms with E-state index in [0.29, 0.717) is 12.1 Å². The summed E-state index contributed by atoms with van der Waals surface area (Å²) in [5.74, 6) is -0.467. The number of rotatable bonds is 7. The van der Waals surface area contributed by atoms with Crippen molar-refractivity contribution in [2.24, 2.45) is 5.92 Å².